The lowest BCUT2D eigenvalue weighted by molar-refractivity contribution is 0.252. The fourth-order valence-electron chi connectivity index (χ4n) is 0.749. The number of amides is 2. The van der Waals surface area contributed by atoms with Crippen LogP contribution in [0.3, 0.4) is 0 Å². The monoisotopic (exact) mass is 247 g/mol. The number of nitrogens with two attached hydrogens (primary N) is 1. The second kappa shape index (κ2) is 4.20. The first-order valence-corrected chi connectivity index (χ1v) is 4.15. The van der Waals surface area contributed by atoms with E-state index < -0.39 is 6.03 Å². The summed E-state index contributed by atoms with van der Waals surface area (Å²) in [5.41, 5.74) is 2.34. The van der Waals surface area contributed by atoms with Gasteiger partial charge in [0.05, 0.1) is 5.69 Å². The molecule has 0 heterocycles. The lowest BCUT2D eigenvalue weighted by Crippen LogP contribution is -2.34. The Morgan fingerprint density at radius 3 is 2.77 bits per heavy atom. The first kappa shape index (κ1) is 9.94. The third-order valence-corrected chi connectivity index (χ3v) is 1.97. The molecule has 1 aromatic rings. The van der Waals surface area contributed by atoms with Crippen LogP contribution in [0, 0.1) is 5.82 Å². The number of carbonyl (C=O) groups excluding carboxylic acids is 1. The molecule has 1 rings (SSSR count). The van der Waals surface area contributed by atoms with E-state index in [0.717, 1.165) is 0 Å². The van der Waals surface area contributed by atoms with Gasteiger partial charge >= 0.3 is 6.03 Å². The van der Waals surface area contributed by atoms with Crippen molar-refractivity contribution in [3.63, 3.8) is 0 Å². The van der Waals surface area contributed by atoms with Gasteiger partial charge in [-0.2, -0.15) is 0 Å². The summed E-state index contributed by atoms with van der Waals surface area (Å²) in [7, 11) is 0. The van der Waals surface area contributed by atoms with Gasteiger partial charge in [0.15, 0.2) is 0 Å². The summed E-state index contributed by atoms with van der Waals surface area (Å²) < 4.78 is 13.0. The maximum atomic E-state index is 12.6. The largest absolute Gasteiger partial charge is 0.333 e. The number of benzene rings is 1. The van der Waals surface area contributed by atoms with E-state index >= 15 is 0 Å². The van der Waals surface area contributed by atoms with Gasteiger partial charge in [0.1, 0.15) is 5.82 Å². The molecule has 0 saturated carbocycles. The van der Waals surface area contributed by atoms with Crippen LogP contribution in [-0.4, -0.2) is 6.03 Å². The van der Waals surface area contributed by atoms with Gasteiger partial charge in [0.25, 0.3) is 0 Å². The van der Waals surface area contributed by atoms with Crippen molar-refractivity contribution in [2.24, 2.45) is 5.84 Å². The van der Waals surface area contributed by atoms with Crippen LogP contribution in [0.25, 0.3) is 0 Å². The molecule has 0 aliphatic heterocycles. The average Bonchev–Trinajstić information content (AvgIpc) is 2.09. The molecule has 70 valence electrons. The lowest BCUT2D eigenvalue weighted by atomic mass is 10.3. The van der Waals surface area contributed by atoms with Crippen molar-refractivity contribution in [3.05, 3.63) is 28.5 Å². The lowest BCUT2D eigenvalue weighted by Gasteiger charge is -2.05. The third kappa shape index (κ3) is 2.67. The molecule has 4 nitrogen and oxygen atoms in total. The topological polar surface area (TPSA) is 67.1 Å². The van der Waals surface area contributed by atoms with Crippen LogP contribution < -0.4 is 16.6 Å². The Labute approximate surface area is 82.4 Å². The minimum Gasteiger partial charge on any atom is -0.306 e. The van der Waals surface area contributed by atoms with Gasteiger partial charge in [-0.25, -0.2) is 15.0 Å². The number of hydrazine groups is 1. The maximum Gasteiger partial charge on any atom is 0.333 e. The van der Waals surface area contributed by atoms with E-state index in [-0.39, 0.29) is 5.82 Å². The summed E-state index contributed by atoms with van der Waals surface area (Å²) in [6.45, 7) is 0. The van der Waals surface area contributed by atoms with E-state index in [0.29, 0.717) is 10.2 Å². The van der Waals surface area contributed by atoms with Crippen molar-refractivity contribution in [2.75, 3.05) is 5.32 Å². The Kier molecular flexibility index (Phi) is 3.21. The summed E-state index contributed by atoms with van der Waals surface area (Å²) in [5.74, 6) is 4.46. The zero-order valence-corrected chi connectivity index (χ0v) is 8.06. The molecule has 0 spiro atoms. The molecule has 2 amide bonds. The van der Waals surface area contributed by atoms with Crippen LogP contribution in [0.5, 0.6) is 0 Å². The molecule has 1 aromatic carbocycles. The molecule has 0 radical (unpaired) electrons. The summed E-state index contributed by atoms with van der Waals surface area (Å²) in [6.07, 6.45) is 0. The van der Waals surface area contributed by atoms with E-state index in [1.807, 2.05) is 5.43 Å². The number of urea groups is 1. The number of hydrogen-bond donors (Lipinski definition) is 3. The minimum atomic E-state index is -0.563. The standard InChI is InChI=1S/C7H7BrFN3O/c8-5-3-4(9)1-2-6(5)11-7(13)12-10/h1-3H,10H2,(H2,11,12,13). The number of halogens is 2. The highest BCUT2D eigenvalue weighted by Crippen LogP contribution is 2.22. The van der Waals surface area contributed by atoms with E-state index in [1.165, 1.54) is 18.2 Å². The second-order valence-corrected chi connectivity index (χ2v) is 3.08. The number of rotatable bonds is 1. The predicted octanol–water partition coefficient (Wildman–Crippen LogP) is 1.58. The normalized spacial score (nSPS) is 9.46. The molecule has 0 fully saturated rings. The molecule has 0 saturated heterocycles. The van der Waals surface area contributed by atoms with Crippen LogP contribution in [0.1, 0.15) is 0 Å². The van der Waals surface area contributed by atoms with Crippen LogP contribution in [0.2, 0.25) is 0 Å². The van der Waals surface area contributed by atoms with Crippen LogP contribution >= 0.6 is 15.9 Å². The minimum absolute atomic E-state index is 0.384. The molecule has 13 heavy (non-hydrogen) atoms. The fraction of sp³-hybridized carbons (Fsp3) is 0. The predicted molar refractivity (Wildman–Crippen MR) is 50.4 cm³/mol. The van der Waals surface area contributed by atoms with Crippen molar-refractivity contribution in [3.8, 4) is 0 Å². The average molecular weight is 248 g/mol. The maximum absolute atomic E-state index is 12.6. The van der Waals surface area contributed by atoms with E-state index in [2.05, 4.69) is 21.2 Å². The number of nitrogens with one attached hydrogen (secondary N) is 2. The van der Waals surface area contributed by atoms with Gasteiger partial charge in [-0.1, -0.05) is 0 Å². The first-order chi connectivity index (χ1) is 6.13. The zero-order valence-electron chi connectivity index (χ0n) is 6.47. The second-order valence-electron chi connectivity index (χ2n) is 2.22. The van der Waals surface area contributed by atoms with E-state index in [9.17, 15) is 9.18 Å². The van der Waals surface area contributed by atoms with Gasteiger partial charge in [-0.05, 0) is 34.1 Å². The molecule has 0 unspecified atom stereocenters. The van der Waals surface area contributed by atoms with E-state index in [1.54, 1.807) is 0 Å². The number of anilines is 1. The molecule has 0 atom stereocenters. The van der Waals surface area contributed by atoms with Crippen LogP contribution in [0.4, 0.5) is 14.9 Å². The zero-order chi connectivity index (χ0) is 9.84. The quantitative estimate of drug-likeness (QED) is 0.401. The Hall–Kier alpha value is -1.14. The molecule has 0 aliphatic carbocycles. The van der Waals surface area contributed by atoms with Crippen molar-refractivity contribution in [1.29, 1.82) is 0 Å². The Morgan fingerprint density at radius 2 is 2.23 bits per heavy atom. The molecular weight excluding hydrogens is 241 g/mol. The number of carbonyl (C=O) groups is 1. The molecule has 0 aromatic heterocycles. The fourth-order valence-corrected chi connectivity index (χ4v) is 1.20. The van der Waals surface area contributed by atoms with Gasteiger partial charge in [-0.3, -0.25) is 5.43 Å². The summed E-state index contributed by atoms with van der Waals surface area (Å²) in [6, 6.07) is 3.34. The summed E-state index contributed by atoms with van der Waals surface area (Å²) >= 11 is 3.08. The summed E-state index contributed by atoms with van der Waals surface area (Å²) in [4.78, 5) is 10.8. The number of hydrogen-bond acceptors (Lipinski definition) is 2. The smallest absolute Gasteiger partial charge is 0.306 e. The van der Waals surface area contributed by atoms with E-state index in [4.69, 9.17) is 5.84 Å². The molecular formula is C7H7BrFN3O. The van der Waals surface area contributed by atoms with Gasteiger partial charge in [0, 0.05) is 4.47 Å². The van der Waals surface area contributed by atoms with Gasteiger partial charge in [0.2, 0.25) is 0 Å². The van der Waals surface area contributed by atoms with Crippen molar-refractivity contribution < 1.29 is 9.18 Å². The Bertz CT molecular complexity index is 332. The Morgan fingerprint density at radius 1 is 1.54 bits per heavy atom. The third-order valence-electron chi connectivity index (χ3n) is 1.31. The van der Waals surface area contributed by atoms with Gasteiger partial charge < -0.3 is 5.32 Å². The Balaban J connectivity index is 2.83. The molecule has 4 N–H and O–H groups in total. The van der Waals surface area contributed by atoms with Gasteiger partial charge in [-0.15, -0.1) is 0 Å². The molecule has 0 bridgehead atoms. The van der Waals surface area contributed by atoms with Crippen molar-refractivity contribution >= 4 is 27.6 Å². The van der Waals surface area contributed by atoms with Crippen molar-refractivity contribution in [2.45, 2.75) is 0 Å². The highest BCUT2D eigenvalue weighted by atomic mass is 79.9. The SMILES string of the molecule is NNC(=O)Nc1ccc(F)cc1Br. The van der Waals surface area contributed by atoms with Crippen LogP contribution in [0.15, 0.2) is 22.7 Å². The first-order valence-electron chi connectivity index (χ1n) is 3.36. The molecule has 6 heteroatoms. The highest BCUT2D eigenvalue weighted by Gasteiger charge is 2.03. The molecule has 0 aliphatic rings. The van der Waals surface area contributed by atoms with Crippen molar-refractivity contribution in [1.82, 2.24) is 5.43 Å². The highest BCUT2D eigenvalue weighted by molar-refractivity contribution is 9.10. The van der Waals surface area contributed by atoms with Crippen LogP contribution in [-0.2, 0) is 0 Å². The summed E-state index contributed by atoms with van der Waals surface area (Å²) in [5, 5.41) is 2.40.